The van der Waals surface area contributed by atoms with Gasteiger partial charge in [0.05, 0.1) is 17.4 Å². The smallest absolute Gasteiger partial charge is 0.258 e. The Hall–Kier alpha value is -1.92. The number of carbonyl (C=O) groups is 1. The van der Waals surface area contributed by atoms with Crippen LogP contribution in [0.5, 0.6) is 0 Å². The first kappa shape index (κ1) is 16.9. The van der Waals surface area contributed by atoms with Gasteiger partial charge in [0.1, 0.15) is 5.82 Å². The molecule has 0 unspecified atom stereocenters. The monoisotopic (exact) mass is 348 g/mol. The van der Waals surface area contributed by atoms with E-state index in [-0.39, 0.29) is 17.4 Å². The van der Waals surface area contributed by atoms with Crippen LogP contribution < -0.4 is 5.56 Å². The molecule has 7 heteroatoms. The number of hydrogen-bond donors (Lipinski definition) is 1. The highest BCUT2D eigenvalue weighted by Gasteiger charge is 2.23. The van der Waals surface area contributed by atoms with Crippen molar-refractivity contribution in [3.8, 4) is 0 Å². The van der Waals surface area contributed by atoms with E-state index in [0.717, 1.165) is 13.1 Å². The maximum Gasteiger partial charge on any atom is 0.258 e. The maximum atomic E-state index is 12.2. The van der Waals surface area contributed by atoms with Crippen molar-refractivity contribution in [2.75, 3.05) is 26.2 Å². The third-order valence-corrected chi connectivity index (χ3v) is 4.50. The fourth-order valence-corrected chi connectivity index (χ4v) is 3.11. The minimum atomic E-state index is -0.153. The fourth-order valence-electron chi connectivity index (χ4n) is 2.94. The van der Waals surface area contributed by atoms with E-state index in [2.05, 4.69) is 14.9 Å². The number of amides is 1. The van der Waals surface area contributed by atoms with Gasteiger partial charge < -0.3 is 9.88 Å². The van der Waals surface area contributed by atoms with Crippen molar-refractivity contribution < 1.29 is 4.79 Å². The molecule has 1 aliphatic rings. The molecule has 1 amide bonds. The molecule has 0 saturated carbocycles. The quantitative estimate of drug-likeness (QED) is 0.919. The maximum absolute atomic E-state index is 12.2. The number of carbonyl (C=O) groups excluding carboxylic acids is 1. The second kappa shape index (κ2) is 6.91. The van der Waals surface area contributed by atoms with Crippen LogP contribution in [0.3, 0.4) is 0 Å². The number of H-pyrrole nitrogens is 1. The Bertz CT molecular complexity index is 810. The summed E-state index contributed by atoms with van der Waals surface area (Å²) in [4.78, 5) is 35.6. The van der Waals surface area contributed by atoms with Gasteiger partial charge in [0.15, 0.2) is 0 Å². The Morgan fingerprint density at radius 3 is 2.67 bits per heavy atom. The lowest BCUT2D eigenvalue weighted by molar-refractivity contribution is -0.136. The molecule has 1 fully saturated rings. The lowest BCUT2D eigenvalue weighted by Crippen LogP contribution is -2.49. The second-order valence-corrected chi connectivity index (χ2v) is 6.87. The Morgan fingerprint density at radius 2 is 2.00 bits per heavy atom. The molecule has 0 radical (unpaired) electrons. The van der Waals surface area contributed by atoms with E-state index in [1.807, 2.05) is 18.7 Å². The van der Waals surface area contributed by atoms with Crippen LogP contribution in [0.1, 0.15) is 19.7 Å². The molecule has 6 nitrogen and oxygen atoms in total. The lowest BCUT2D eigenvalue weighted by Gasteiger charge is -2.35. The predicted octanol–water partition coefficient (Wildman–Crippen LogP) is 1.88. The topological polar surface area (TPSA) is 69.3 Å². The van der Waals surface area contributed by atoms with Crippen molar-refractivity contribution in [1.29, 1.82) is 0 Å². The van der Waals surface area contributed by atoms with Crippen molar-refractivity contribution in [1.82, 2.24) is 19.8 Å². The molecule has 3 rings (SSSR count). The van der Waals surface area contributed by atoms with Crippen molar-refractivity contribution in [3.05, 3.63) is 39.4 Å². The zero-order valence-corrected chi connectivity index (χ0v) is 14.6. The van der Waals surface area contributed by atoms with Gasteiger partial charge in [-0.1, -0.05) is 25.4 Å². The molecule has 0 atom stereocenters. The molecular formula is C17H21ClN4O2. The minimum Gasteiger partial charge on any atom is -0.340 e. The summed E-state index contributed by atoms with van der Waals surface area (Å²) in [6.07, 6.45) is 0. The number of benzene rings is 1. The first-order valence-electron chi connectivity index (χ1n) is 8.13. The highest BCUT2D eigenvalue weighted by atomic mass is 35.5. The van der Waals surface area contributed by atoms with Crippen molar-refractivity contribution in [2.45, 2.75) is 20.4 Å². The SMILES string of the molecule is CC(C)C(=O)N1CCN(Cc2nc3cc(Cl)ccc3c(=O)[nH]2)CC1. The van der Waals surface area contributed by atoms with Crippen molar-refractivity contribution >= 4 is 28.4 Å². The van der Waals surface area contributed by atoms with E-state index >= 15 is 0 Å². The van der Waals surface area contributed by atoms with Gasteiger partial charge in [-0.25, -0.2) is 4.98 Å². The van der Waals surface area contributed by atoms with E-state index < -0.39 is 0 Å². The molecule has 2 heterocycles. The lowest BCUT2D eigenvalue weighted by atomic mass is 10.1. The first-order valence-corrected chi connectivity index (χ1v) is 8.51. The molecule has 128 valence electrons. The molecule has 1 aromatic heterocycles. The van der Waals surface area contributed by atoms with Gasteiger partial charge in [0, 0.05) is 37.1 Å². The number of nitrogens with zero attached hydrogens (tertiary/aromatic N) is 3. The van der Waals surface area contributed by atoms with Gasteiger partial charge in [0.2, 0.25) is 5.91 Å². The van der Waals surface area contributed by atoms with Crippen LogP contribution in [-0.2, 0) is 11.3 Å². The number of nitrogens with one attached hydrogen (secondary N) is 1. The molecule has 0 spiro atoms. The van der Waals surface area contributed by atoms with Crippen LogP contribution in [-0.4, -0.2) is 51.9 Å². The van der Waals surface area contributed by atoms with E-state index in [1.54, 1.807) is 18.2 Å². The van der Waals surface area contributed by atoms with E-state index in [4.69, 9.17) is 11.6 Å². The highest BCUT2D eigenvalue weighted by Crippen LogP contribution is 2.15. The molecule has 1 aromatic carbocycles. The summed E-state index contributed by atoms with van der Waals surface area (Å²) in [5.41, 5.74) is 0.454. The van der Waals surface area contributed by atoms with E-state index in [0.29, 0.717) is 41.4 Å². The van der Waals surface area contributed by atoms with Crippen LogP contribution in [0.4, 0.5) is 0 Å². The summed E-state index contributed by atoms with van der Waals surface area (Å²) >= 11 is 5.99. The van der Waals surface area contributed by atoms with E-state index in [9.17, 15) is 9.59 Å². The van der Waals surface area contributed by atoms with Crippen molar-refractivity contribution in [2.24, 2.45) is 5.92 Å². The summed E-state index contributed by atoms with van der Waals surface area (Å²) in [5, 5.41) is 1.10. The average molecular weight is 349 g/mol. The number of aromatic amines is 1. The molecule has 1 N–H and O–H groups in total. The predicted molar refractivity (Wildman–Crippen MR) is 94.1 cm³/mol. The molecule has 2 aromatic rings. The molecule has 0 aliphatic carbocycles. The van der Waals surface area contributed by atoms with Gasteiger partial charge in [-0.2, -0.15) is 0 Å². The highest BCUT2D eigenvalue weighted by molar-refractivity contribution is 6.31. The average Bonchev–Trinajstić information content (AvgIpc) is 2.54. The number of aromatic nitrogens is 2. The van der Waals surface area contributed by atoms with Crippen LogP contribution >= 0.6 is 11.6 Å². The minimum absolute atomic E-state index is 0.0276. The largest absolute Gasteiger partial charge is 0.340 e. The van der Waals surface area contributed by atoms with Gasteiger partial charge >= 0.3 is 0 Å². The van der Waals surface area contributed by atoms with Gasteiger partial charge in [-0.15, -0.1) is 0 Å². The number of halogens is 1. The summed E-state index contributed by atoms with van der Waals surface area (Å²) in [6.45, 7) is 7.36. The summed E-state index contributed by atoms with van der Waals surface area (Å²) < 4.78 is 0. The number of piperazine rings is 1. The summed E-state index contributed by atoms with van der Waals surface area (Å²) in [7, 11) is 0. The number of fused-ring (bicyclic) bond motifs is 1. The molecule has 1 saturated heterocycles. The number of hydrogen-bond acceptors (Lipinski definition) is 4. The second-order valence-electron chi connectivity index (χ2n) is 6.43. The Kier molecular flexibility index (Phi) is 4.87. The fraction of sp³-hybridized carbons (Fsp3) is 0.471. The summed E-state index contributed by atoms with van der Waals surface area (Å²) in [6, 6.07) is 5.07. The van der Waals surface area contributed by atoms with E-state index in [1.165, 1.54) is 0 Å². The Balaban J connectivity index is 1.70. The van der Waals surface area contributed by atoms with Crippen LogP contribution in [0.15, 0.2) is 23.0 Å². The van der Waals surface area contributed by atoms with Crippen molar-refractivity contribution in [3.63, 3.8) is 0 Å². The van der Waals surface area contributed by atoms with Crippen LogP contribution in [0.2, 0.25) is 5.02 Å². The van der Waals surface area contributed by atoms with Gasteiger partial charge in [-0.05, 0) is 18.2 Å². The molecule has 1 aliphatic heterocycles. The Morgan fingerprint density at radius 1 is 1.29 bits per heavy atom. The molecule has 24 heavy (non-hydrogen) atoms. The first-order chi connectivity index (χ1) is 11.4. The van der Waals surface area contributed by atoms with Crippen LogP contribution in [0, 0.1) is 5.92 Å². The summed E-state index contributed by atoms with van der Waals surface area (Å²) in [5.74, 6) is 0.847. The molecule has 0 bridgehead atoms. The third-order valence-electron chi connectivity index (χ3n) is 4.27. The normalized spacial score (nSPS) is 16.1. The third kappa shape index (κ3) is 3.60. The zero-order valence-electron chi connectivity index (χ0n) is 13.9. The standard InChI is InChI=1S/C17H21ClN4O2/c1-11(2)17(24)22-7-5-21(6-8-22)10-15-19-14-9-12(18)3-4-13(14)16(23)20-15/h3-4,9,11H,5-8,10H2,1-2H3,(H,19,20,23). The Labute approximate surface area is 145 Å². The molecular weight excluding hydrogens is 328 g/mol. The van der Waals surface area contributed by atoms with Gasteiger partial charge in [-0.3, -0.25) is 14.5 Å². The van der Waals surface area contributed by atoms with Crippen LogP contribution in [0.25, 0.3) is 10.9 Å². The number of rotatable bonds is 3. The van der Waals surface area contributed by atoms with Gasteiger partial charge in [0.25, 0.3) is 5.56 Å². The zero-order chi connectivity index (χ0) is 17.3.